The van der Waals surface area contributed by atoms with E-state index in [-0.39, 0.29) is 62.8 Å². The van der Waals surface area contributed by atoms with Crippen molar-refractivity contribution in [2.45, 2.75) is 115 Å². The number of benzene rings is 1. The Morgan fingerprint density at radius 3 is 2.53 bits per heavy atom. The van der Waals surface area contributed by atoms with E-state index in [4.69, 9.17) is 14.2 Å². The summed E-state index contributed by atoms with van der Waals surface area (Å²) in [5, 5.41) is 0. The van der Waals surface area contributed by atoms with Gasteiger partial charge in [0, 0.05) is 18.9 Å². The van der Waals surface area contributed by atoms with Crippen molar-refractivity contribution in [1.29, 1.82) is 0 Å². The molecule has 2 aliphatic heterocycles. The minimum Gasteiger partial charge on any atom is -0.497 e. The van der Waals surface area contributed by atoms with E-state index in [0.29, 0.717) is 29.6 Å². The Bertz CT molecular complexity index is 1960. The summed E-state index contributed by atoms with van der Waals surface area (Å²) < 4.78 is 58.0. The van der Waals surface area contributed by atoms with Crippen LogP contribution in [0, 0.1) is 29.1 Å². The zero-order valence-electron chi connectivity index (χ0n) is 32.5. The van der Waals surface area contributed by atoms with Crippen molar-refractivity contribution in [1.82, 2.24) is 19.6 Å². The van der Waals surface area contributed by atoms with Crippen LogP contribution in [0.15, 0.2) is 36.5 Å². The quantitative estimate of drug-likeness (QED) is 0.260. The molecule has 1 saturated heterocycles. The zero-order chi connectivity index (χ0) is 39.9. The number of amides is 2. The molecule has 2 aromatic rings. The fourth-order valence-electron chi connectivity index (χ4n) is 8.13. The van der Waals surface area contributed by atoms with Crippen LogP contribution in [0.3, 0.4) is 0 Å². The number of esters is 1. The van der Waals surface area contributed by atoms with Crippen LogP contribution in [0.2, 0.25) is 0 Å². The van der Waals surface area contributed by atoms with Gasteiger partial charge in [-0.2, -0.15) is 0 Å². The number of halogens is 1. The van der Waals surface area contributed by atoms with Crippen molar-refractivity contribution >= 4 is 44.6 Å². The van der Waals surface area contributed by atoms with Gasteiger partial charge in [0.1, 0.15) is 28.9 Å². The molecule has 13 nitrogen and oxygen atoms in total. The topological polar surface area (TPSA) is 171 Å². The number of nitrogens with one attached hydrogen (secondary N) is 1. The lowest BCUT2D eigenvalue weighted by atomic mass is 9.82. The Hall–Kier alpha value is -4.14. The number of rotatable bonds is 9. The van der Waals surface area contributed by atoms with Crippen LogP contribution in [0.5, 0.6) is 11.6 Å². The predicted molar refractivity (Wildman–Crippen MR) is 201 cm³/mol. The maximum atomic E-state index is 14.8. The average molecular weight is 785 g/mol. The zero-order valence-corrected chi connectivity index (χ0v) is 33.3. The highest BCUT2D eigenvalue weighted by Gasteiger charge is 2.63. The molecule has 4 aliphatic rings. The van der Waals surface area contributed by atoms with Crippen LogP contribution < -0.4 is 14.2 Å². The van der Waals surface area contributed by atoms with E-state index in [0.717, 1.165) is 6.42 Å². The standard InChI is InChI=1S/C40H53FN4O9S/c1-24-9-7-8-10-26-19-40(26,37(49)44-55(50,51)39(23-41)13-14-39)20-33(46)32-17-28(53-34-21-42-30-12-11-27(52-6)16-31(30)43-34)22-45(32)36(48)29(25(2)15-24)18-35(47)54-38(3,4)5/h8,10-12,16,21,24-26,28-29,32H,7,9,13-15,17-20,22-23H2,1-6H3,(H,44,49)/b10-8-/t24-,25-,26?,28-,29+,32+,40-/m1/s1. The highest BCUT2D eigenvalue weighted by atomic mass is 32.2. The van der Waals surface area contributed by atoms with Crippen molar-refractivity contribution in [2.75, 3.05) is 20.3 Å². The minimum absolute atomic E-state index is 0.00388. The van der Waals surface area contributed by atoms with E-state index in [1.165, 1.54) is 11.1 Å². The number of carbonyl (C=O) groups excluding carboxylic acids is 4. The number of allylic oxidation sites excluding steroid dienone is 2. The highest BCUT2D eigenvalue weighted by molar-refractivity contribution is 7.91. The average Bonchev–Trinajstić information content (AvgIpc) is 4.02. The maximum Gasteiger partial charge on any atom is 0.307 e. The lowest BCUT2D eigenvalue weighted by Gasteiger charge is -2.32. The third kappa shape index (κ3) is 8.81. The van der Waals surface area contributed by atoms with Gasteiger partial charge in [0.05, 0.1) is 54.7 Å². The number of carbonyl (C=O) groups is 4. The normalized spacial score (nSPS) is 30.3. The molecule has 1 unspecified atom stereocenters. The summed E-state index contributed by atoms with van der Waals surface area (Å²) in [5.74, 6) is -2.75. The Morgan fingerprint density at radius 2 is 1.85 bits per heavy atom. The first-order valence-electron chi connectivity index (χ1n) is 19.2. The molecule has 6 rings (SSSR count). The highest BCUT2D eigenvalue weighted by Crippen LogP contribution is 2.58. The van der Waals surface area contributed by atoms with Gasteiger partial charge in [-0.1, -0.05) is 26.0 Å². The van der Waals surface area contributed by atoms with Gasteiger partial charge in [-0.05, 0) is 89.2 Å². The van der Waals surface area contributed by atoms with Gasteiger partial charge in [-0.25, -0.2) is 22.8 Å². The number of hydrogen-bond donors (Lipinski definition) is 1. The van der Waals surface area contributed by atoms with Gasteiger partial charge in [-0.15, -0.1) is 0 Å². The van der Waals surface area contributed by atoms with Crippen LogP contribution in [0.1, 0.15) is 92.4 Å². The number of nitrogens with zero attached hydrogens (tertiary/aromatic N) is 3. The molecular weight excluding hydrogens is 732 g/mol. The van der Waals surface area contributed by atoms with Crippen molar-refractivity contribution in [3.8, 4) is 11.6 Å². The first kappa shape index (κ1) is 40.5. The SMILES string of the molecule is COc1ccc2ncc(O[C@@H]3C[C@H]4C(=O)C[C@]5(C(=O)NS(=O)(=O)C6(CF)CC6)CC5/C=C\CC[C@@H](C)C[C@@H](C)[C@H](CC(=O)OC(C)(C)C)C(=O)N4C3)nc2c1. The second-order valence-corrected chi connectivity index (χ2v) is 19.2. The number of fused-ring (bicyclic) bond motifs is 3. The third-order valence-electron chi connectivity index (χ3n) is 11.6. The van der Waals surface area contributed by atoms with Crippen LogP contribution in [0.4, 0.5) is 4.39 Å². The minimum atomic E-state index is -4.34. The lowest BCUT2D eigenvalue weighted by molar-refractivity contribution is -0.160. The first-order valence-corrected chi connectivity index (χ1v) is 20.7. The molecule has 15 heteroatoms. The van der Waals surface area contributed by atoms with Crippen molar-refractivity contribution < 1.29 is 46.2 Å². The molecular formula is C40H53FN4O9S. The van der Waals surface area contributed by atoms with E-state index < -0.39 is 80.0 Å². The number of alkyl halides is 1. The van der Waals surface area contributed by atoms with E-state index >= 15 is 0 Å². The smallest absolute Gasteiger partial charge is 0.307 e. The second-order valence-electron chi connectivity index (χ2n) is 17.1. The Morgan fingerprint density at radius 1 is 1.11 bits per heavy atom. The van der Waals surface area contributed by atoms with E-state index in [1.54, 1.807) is 46.1 Å². The van der Waals surface area contributed by atoms with Gasteiger partial charge >= 0.3 is 5.97 Å². The molecule has 55 heavy (non-hydrogen) atoms. The molecule has 0 bridgehead atoms. The van der Waals surface area contributed by atoms with Gasteiger partial charge in [0.2, 0.25) is 27.7 Å². The molecule has 1 aromatic carbocycles. The molecule has 7 atom stereocenters. The number of sulfonamides is 1. The molecule has 0 radical (unpaired) electrons. The molecule has 2 amide bonds. The van der Waals surface area contributed by atoms with Crippen LogP contribution in [0.25, 0.3) is 11.0 Å². The molecule has 0 spiro atoms. The predicted octanol–water partition coefficient (Wildman–Crippen LogP) is 5.26. The summed E-state index contributed by atoms with van der Waals surface area (Å²) in [5.41, 5.74) is -1.03. The maximum absolute atomic E-state index is 14.8. The fourth-order valence-corrected chi connectivity index (χ4v) is 9.58. The van der Waals surface area contributed by atoms with Crippen LogP contribution in [-0.4, -0.2) is 89.7 Å². The monoisotopic (exact) mass is 784 g/mol. The fraction of sp³-hybridized carbons (Fsp3) is 0.650. The summed E-state index contributed by atoms with van der Waals surface area (Å²) in [7, 11) is -2.79. The summed E-state index contributed by atoms with van der Waals surface area (Å²) in [6.45, 7) is 8.19. The number of Topliss-reactive ketones (excluding diaryl/α,β-unsaturated/α-hetero) is 1. The van der Waals surface area contributed by atoms with Crippen molar-refractivity contribution in [3.05, 3.63) is 36.5 Å². The van der Waals surface area contributed by atoms with Gasteiger partial charge in [0.15, 0.2) is 5.78 Å². The molecule has 1 N–H and O–H groups in total. The molecule has 3 heterocycles. The summed E-state index contributed by atoms with van der Waals surface area (Å²) in [6, 6.07) is 4.20. The summed E-state index contributed by atoms with van der Waals surface area (Å²) in [6.07, 6.45) is 6.65. The molecule has 300 valence electrons. The Kier molecular flexibility index (Phi) is 11.4. The first-order chi connectivity index (χ1) is 25.9. The van der Waals surface area contributed by atoms with Gasteiger partial charge in [0.25, 0.3) is 0 Å². The number of aromatic nitrogens is 2. The number of methoxy groups -OCH3 is 1. The number of ketones is 1. The van der Waals surface area contributed by atoms with E-state index in [9.17, 15) is 32.0 Å². The molecule has 2 saturated carbocycles. The second kappa shape index (κ2) is 15.4. The van der Waals surface area contributed by atoms with E-state index in [1.807, 2.05) is 19.1 Å². The largest absolute Gasteiger partial charge is 0.497 e. The third-order valence-corrected chi connectivity index (χ3v) is 13.7. The summed E-state index contributed by atoms with van der Waals surface area (Å²) >= 11 is 0. The van der Waals surface area contributed by atoms with Crippen molar-refractivity contribution in [2.24, 2.45) is 29.1 Å². The molecule has 2 aliphatic carbocycles. The number of ether oxygens (including phenoxy) is 3. The van der Waals surface area contributed by atoms with E-state index in [2.05, 4.69) is 21.6 Å². The Labute approximate surface area is 322 Å². The van der Waals surface area contributed by atoms with Gasteiger partial charge in [-0.3, -0.25) is 23.9 Å². The van der Waals surface area contributed by atoms with Gasteiger partial charge < -0.3 is 19.1 Å². The molecule has 3 fully saturated rings. The molecule has 1 aromatic heterocycles. The number of hydrogen-bond acceptors (Lipinski definition) is 11. The Balaban J connectivity index is 1.33. The van der Waals surface area contributed by atoms with Crippen LogP contribution in [-0.2, 0) is 33.9 Å². The summed E-state index contributed by atoms with van der Waals surface area (Å²) in [4.78, 5) is 67.0. The van der Waals surface area contributed by atoms with Crippen molar-refractivity contribution in [3.63, 3.8) is 0 Å². The lowest BCUT2D eigenvalue weighted by Crippen LogP contribution is -2.48. The van der Waals surface area contributed by atoms with Crippen LogP contribution >= 0.6 is 0 Å².